The highest BCUT2D eigenvalue weighted by atomic mass is 32.2. The van der Waals surface area contributed by atoms with Crippen LogP contribution in [0.4, 0.5) is 13.2 Å². The molecule has 26 heavy (non-hydrogen) atoms. The summed E-state index contributed by atoms with van der Waals surface area (Å²) in [6.45, 7) is 0.343. The fourth-order valence-electron chi connectivity index (χ4n) is 2.17. The lowest BCUT2D eigenvalue weighted by molar-refractivity contribution is -0.274. The molecule has 0 saturated heterocycles. The lowest BCUT2D eigenvalue weighted by Gasteiger charge is -2.09. The number of ether oxygens (including phenoxy) is 1. The summed E-state index contributed by atoms with van der Waals surface area (Å²) in [6.07, 6.45) is -0.446. The normalized spacial score (nSPS) is 12.0. The fourth-order valence-corrected chi connectivity index (χ4v) is 2.68. The Morgan fingerprint density at radius 2 is 2.04 bits per heavy atom. The zero-order valence-corrected chi connectivity index (χ0v) is 14.5. The lowest BCUT2D eigenvalue weighted by atomic mass is 10.1. The number of carbonyl (C=O) groups is 1. The number of sulfonamides is 1. The van der Waals surface area contributed by atoms with Gasteiger partial charge in [-0.15, -0.1) is 13.2 Å². The molecule has 0 aliphatic heterocycles. The highest BCUT2D eigenvalue weighted by Gasteiger charge is 2.31. The van der Waals surface area contributed by atoms with Gasteiger partial charge in [-0.3, -0.25) is 14.2 Å². The first-order chi connectivity index (χ1) is 12.0. The Labute approximate surface area is 147 Å². The minimum Gasteiger partial charge on any atom is -0.406 e. The van der Waals surface area contributed by atoms with Gasteiger partial charge in [0.1, 0.15) is 5.75 Å². The average molecular weight is 391 g/mol. The topological polar surface area (TPSA) is 90.3 Å². The summed E-state index contributed by atoms with van der Waals surface area (Å²) in [5, 5.41) is 4.07. The van der Waals surface area contributed by atoms with Crippen molar-refractivity contribution in [2.75, 3.05) is 6.26 Å². The van der Waals surface area contributed by atoms with E-state index < -0.39 is 22.3 Å². The summed E-state index contributed by atoms with van der Waals surface area (Å²) in [6, 6.07) is 5.49. The van der Waals surface area contributed by atoms with E-state index in [9.17, 15) is 26.4 Å². The molecule has 0 bridgehead atoms. The maximum atomic E-state index is 12.3. The van der Waals surface area contributed by atoms with E-state index in [1.165, 1.54) is 29.1 Å². The maximum absolute atomic E-state index is 12.3. The minimum atomic E-state index is -4.77. The van der Waals surface area contributed by atoms with Gasteiger partial charge >= 0.3 is 6.36 Å². The Kier molecular flexibility index (Phi) is 5.90. The van der Waals surface area contributed by atoms with Gasteiger partial charge in [-0.2, -0.15) is 5.10 Å². The van der Waals surface area contributed by atoms with E-state index in [-0.39, 0.29) is 12.2 Å². The van der Waals surface area contributed by atoms with Gasteiger partial charge in [0.15, 0.2) is 0 Å². The van der Waals surface area contributed by atoms with E-state index in [1.807, 2.05) is 4.72 Å². The predicted molar refractivity (Wildman–Crippen MR) is 86.6 cm³/mol. The first-order valence-corrected chi connectivity index (χ1v) is 9.30. The Morgan fingerprint density at radius 3 is 2.69 bits per heavy atom. The Bertz CT molecular complexity index is 878. The van der Waals surface area contributed by atoms with Gasteiger partial charge < -0.3 is 4.74 Å². The lowest BCUT2D eigenvalue weighted by Crippen LogP contribution is -2.29. The van der Waals surface area contributed by atoms with Crippen molar-refractivity contribution in [1.29, 1.82) is 0 Å². The summed E-state index contributed by atoms with van der Waals surface area (Å²) in [5.74, 6) is -0.947. The van der Waals surface area contributed by atoms with Crippen LogP contribution in [0.3, 0.4) is 0 Å². The molecule has 0 atom stereocenters. The van der Waals surface area contributed by atoms with Crippen LogP contribution in [0.15, 0.2) is 36.7 Å². The molecule has 142 valence electrons. The molecule has 0 saturated carbocycles. The third-order valence-corrected chi connectivity index (χ3v) is 3.72. The third kappa shape index (κ3) is 6.75. The second-order valence-electron chi connectivity index (χ2n) is 5.47. The molecule has 1 amide bonds. The molecule has 1 aromatic carbocycles. The summed E-state index contributed by atoms with van der Waals surface area (Å²) < 4.78 is 65.9. The van der Waals surface area contributed by atoms with E-state index in [2.05, 4.69) is 9.84 Å². The number of aryl methyl sites for hydroxylation is 1. The molecular weight excluding hydrogens is 375 g/mol. The zero-order chi connectivity index (χ0) is 19.4. The van der Waals surface area contributed by atoms with Crippen molar-refractivity contribution >= 4 is 15.9 Å². The number of halogens is 3. The molecule has 2 rings (SSSR count). The van der Waals surface area contributed by atoms with Crippen LogP contribution in [-0.4, -0.2) is 36.7 Å². The van der Waals surface area contributed by atoms with E-state index in [0.29, 0.717) is 24.1 Å². The van der Waals surface area contributed by atoms with E-state index in [4.69, 9.17) is 0 Å². The zero-order valence-electron chi connectivity index (χ0n) is 13.7. The number of hydrogen-bond donors (Lipinski definition) is 1. The van der Waals surface area contributed by atoms with Crippen molar-refractivity contribution in [2.24, 2.45) is 0 Å². The monoisotopic (exact) mass is 391 g/mol. The van der Waals surface area contributed by atoms with Gasteiger partial charge in [0.05, 0.1) is 12.5 Å². The van der Waals surface area contributed by atoms with Crippen LogP contribution in [0.5, 0.6) is 5.75 Å². The number of alkyl halides is 3. The molecule has 0 radical (unpaired) electrons. The molecule has 7 nitrogen and oxygen atoms in total. The number of amides is 1. The minimum absolute atomic E-state index is 0.00281. The second-order valence-corrected chi connectivity index (χ2v) is 7.22. The van der Waals surface area contributed by atoms with Gasteiger partial charge in [0.2, 0.25) is 15.9 Å². The maximum Gasteiger partial charge on any atom is 0.573 e. The molecule has 0 aliphatic rings. The molecule has 0 spiro atoms. The molecule has 0 fully saturated rings. The number of benzene rings is 1. The molecule has 1 aromatic heterocycles. The Hall–Kier alpha value is -2.56. The molecule has 1 heterocycles. The van der Waals surface area contributed by atoms with Crippen molar-refractivity contribution in [3.05, 3.63) is 36.7 Å². The second kappa shape index (κ2) is 7.77. The smallest absolute Gasteiger partial charge is 0.406 e. The molecule has 0 unspecified atom stereocenters. The van der Waals surface area contributed by atoms with Gasteiger partial charge in [-0.05, 0) is 24.1 Å². The van der Waals surface area contributed by atoms with Crippen molar-refractivity contribution in [3.8, 4) is 16.9 Å². The summed E-state index contributed by atoms with van der Waals surface area (Å²) in [4.78, 5) is 11.4. The number of rotatable bonds is 7. The van der Waals surface area contributed by atoms with Crippen LogP contribution in [0, 0.1) is 0 Å². The van der Waals surface area contributed by atoms with E-state index in [0.717, 1.165) is 6.26 Å². The largest absolute Gasteiger partial charge is 0.573 e. The Balaban J connectivity index is 1.95. The van der Waals surface area contributed by atoms with Gasteiger partial charge in [0.25, 0.3) is 0 Å². The van der Waals surface area contributed by atoms with Crippen molar-refractivity contribution < 1.29 is 31.1 Å². The first kappa shape index (κ1) is 19.8. The van der Waals surface area contributed by atoms with Crippen LogP contribution in [0.2, 0.25) is 0 Å². The van der Waals surface area contributed by atoms with Gasteiger partial charge in [-0.1, -0.05) is 12.1 Å². The number of carbonyl (C=O) groups excluding carboxylic acids is 1. The van der Waals surface area contributed by atoms with Crippen LogP contribution < -0.4 is 9.46 Å². The highest BCUT2D eigenvalue weighted by molar-refractivity contribution is 7.89. The van der Waals surface area contributed by atoms with Crippen LogP contribution in [0.25, 0.3) is 11.1 Å². The van der Waals surface area contributed by atoms with E-state index >= 15 is 0 Å². The number of nitrogens with zero attached hydrogens (tertiary/aromatic N) is 2. The SMILES string of the molecule is CS(=O)(=O)NC(=O)CCCn1cc(-c2cccc(OC(F)(F)F)c2)cn1. The Morgan fingerprint density at radius 1 is 1.31 bits per heavy atom. The molecule has 11 heteroatoms. The average Bonchev–Trinajstić information content (AvgIpc) is 2.92. The summed E-state index contributed by atoms with van der Waals surface area (Å²) >= 11 is 0. The fraction of sp³-hybridized carbons (Fsp3) is 0.333. The van der Waals surface area contributed by atoms with Crippen LogP contribution >= 0.6 is 0 Å². The van der Waals surface area contributed by atoms with Crippen molar-refractivity contribution in [1.82, 2.24) is 14.5 Å². The summed E-state index contributed by atoms with van der Waals surface area (Å²) in [5.41, 5.74) is 1.08. The van der Waals surface area contributed by atoms with Crippen molar-refractivity contribution in [3.63, 3.8) is 0 Å². The number of nitrogens with one attached hydrogen (secondary N) is 1. The standard InChI is InChI=1S/C15H16F3N3O4S/c1-26(23,24)20-14(22)6-3-7-21-10-12(9-19-21)11-4-2-5-13(8-11)25-15(16,17)18/h2,4-5,8-10H,3,6-7H2,1H3,(H,20,22). The summed E-state index contributed by atoms with van der Waals surface area (Å²) in [7, 11) is -3.58. The molecule has 2 aromatic rings. The predicted octanol–water partition coefficient (Wildman–Crippen LogP) is 2.30. The first-order valence-electron chi connectivity index (χ1n) is 7.41. The number of aromatic nitrogens is 2. The number of hydrogen-bond acceptors (Lipinski definition) is 5. The quantitative estimate of drug-likeness (QED) is 0.782. The van der Waals surface area contributed by atoms with Gasteiger partial charge in [0, 0.05) is 24.7 Å². The highest BCUT2D eigenvalue weighted by Crippen LogP contribution is 2.27. The van der Waals surface area contributed by atoms with E-state index in [1.54, 1.807) is 12.3 Å². The molecular formula is C15H16F3N3O4S. The van der Waals surface area contributed by atoms with Gasteiger partial charge in [-0.25, -0.2) is 8.42 Å². The van der Waals surface area contributed by atoms with Crippen molar-refractivity contribution in [2.45, 2.75) is 25.7 Å². The molecule has 1 N–H and O–H groups in total. The third-order valence-electron chi connectivity index (χ3n) is 3.12. The molecule has 0 aliphatic carbocycles. The van der Waals surface area contributed by atoms with Crippen LogP contribution in [-0.2, 0) is 21.4 Å². The van der Waals surface area contributed by atoms with Crippen LogP contribution in [0.1, 0.15) is 12.8 Å².